The van der Waals surface area contributed by atoms with Gasteiger partial charge in [0.15, 0.2) is 6.61 Å². The van der Waals surface area contributed by atoms with Crippen LogP contribution in [0.1, 0.15) is 57.1 Å². The number of hydrogen-bond donors (Lipinski definition) is 1. The standard InChI is InChI=1S/C26H32N2O5/c29-24-17-22(18-33-26(30)27-21-10-3-1-4-11-21)32-19-25(24)31-16-8-2-7-14-28-15-13-20-9-5-6-12-23(20)28/h5-6,9,12-13,15,17,19,21H,1-4,7-8,10-11,14,16,18H2,(H,27,30). The Hall–Kier alpha value is -3.22. The van der Waals surface area contributed by atoms with E-state index in [-0.39, 0.29) is 23.8 Å². The summed E-state index contributed by atoms with van der Waals surface area (Å²) in [7, 11) is 0. The maximum Gasteiger partial charge on any atom is 0.407 e. The minimum atomic E-state index is -0.474. The predicted octanol–water partition coefficient (Wildman–Crippen LogP) is 5.40. The maximum atomic E-state index is 12.3. The van der Waals surface area contributed by atoms with Crippen molar-refractivity contribution in [2.45, 2.75) is 70.6 Å². The first kappa shape index (κ1) is 23.0. The molecule has 0 bridgehead atoms. The van der Waals surface area contributed by atoms with Gasteiger partial charge in [-0.05, 0) is 49.6 Å². The van der Waals surface area contributed by atoms with E-state index < -0.39 is 6.09 Å². The van der Waals surface area contributed by atoms with Gasteiger partial charge in [-0.25, -0.2) is 4.79 Å². The number of benzene rings is 1. The summed E-state index contributed by atoms with van der Waals surface area (Å²) in [6, 6.07) is 12.0. The molecule has 7 nitrogen and oxygen atoms in total. The predicted molar refractivity (Wildman–Crippen MR) is 126 cm³/mol. The zero-order valence-electron chi connectivity index (χ0n) is 19.0. The molecule has 0 spiro atoms. The van der Waals surface area contributed by atoms with Crippen LogP contribution in [0.5, 0.6) is 5.75 Å². The van der Waals surface area contributed by atoms with Crippen molar-refractivity contribution < 1.29 is 18.7 Å². The van der Waals surface area contributed by atoms with Crippen LogP contribution in [0.4, 0.5) is 4.79 Å². The van der Waals surface area contributed by atoms with Gasteiger partial charge >= 0.3 is 6.09 Å². The first-order chi connectivity index (χ1) is 16.2. The summed E-state index contributed by atoms with van der Waals surface area (Å²) < 4.78 is 18.5. The lowest BCUT2D eigenvalue weighted by Gasteiger charge is -2.22. The van der Waals surface area contributed by atoms with Crippen molar-refractivity contribution in [3.8, 4) is 5.75 Å². The van der Waals surface area contributed by atoms with E-state index in [9.17, 15) is 9.59 Å². The van der Waals surface area contributed by atoms with E-state index in [0.717, 1.165) is 51.5 Å². The van der Waals surface area contributed by atoms with E-state index in [0.29, 0.717) is 12.4 Å². The van der Waals surface area contributed by atoms with Gasteiger partial charge in [-0.3, -0.25) is 4.79 Å². The number of carbonyl (C=O) groups is 1. The molecule has 0 aliphatic heterocycles. The van der Waals surface area contributed by atoms with Crippen LogP contribution < -0.4 is 15.5 Å². The van der Waals surface area contributed by atoms with E-state index in [4.69, 9.17) is 13.9 Å². The van der Waals surface area contributed by atoms with Crippen molar-refractivity contribution in [2.75, 3.05) is 6.61 Å². The number of carbonyl (C=O) groups excluding carboxylic acids is 1. The molecule has 4 rings (SSSR count). The van der Waals surface area contributed by atoms with Crippen LogP contribution in [0.2, 0.25) is 0 Å². The highest BCUT2D eigenvalue weighted by atomic mass is 16.6. The lowest BCUT2D eigenvalue weighted by atomic mass is 9.96. The highest BCUT2D eigenvalue weighted by molar-refractivity contribution is 5.79. The SMILES string of the molecule is O=C(NC1CCCCC1)OCc1cc(=O)c(OCCCCCn2ccc3ccccc32)co1. The molecule has 0 saturated heterocycles. The Kier molecular flexibility index (Phi) is 8.06. The lowest BCUT2D eigenvalue weighted by Crippen LogP contribution is -2.36. The number of aryl methyl sites for hydroxylation is 1. The number of ether oxygens (including phenoxy) is 2. The molecule has 1 aliphatic rings. The second-order valence-corrected chi connectivity index (χ2v) is 8.61. The Labute approximate surface area is 193 Å². The quantitative estimate of drug-likeness (QED) is 0.416. The first-order valence-electron chi connectivity index (χ1n) is 11.9. The molecular formula is C26H32N2O5. The number of aromatic nitrogens is 1. The largest absolute Gasteiger partial charge is 0.487 e. The third-order valence-electron chi connectivity index (χ3n) is 6.11. The fraction of sp³-hybridized carbons (Fsp3) is 0.462. The van der Waals surface area contributed by atoms with Gasteiger partial charge in [-0.1, -0.05) is 37.5 Å². The van der Waals surface area contributed by atoms with Gasteiger partial charge < -0.3 is 23.8 Å². The van der Waals surface area contributed by atoms with Gasteiger partial charge in [0.05, 0.1) is 6.61 Å². The molecule has 0 radical (unpaired) electrons. The molecule has 2 heterocycles. The molecule has 176 valence electrons. The van der Waals surface area contributed by atoms with E-state index in [1.165, 1.54) is 29.7 Å². The molecule has 1 amide bonds. The van der Waals surface area contributed by atoms with Crippen LogP contribution in [0, 0.1) is 0 Å². The molecule has 1 aromatic carbocycles. The Balaban J connectivity index is 1.13. The zero-order valence-corrected chi connectivity index (χ0v) is 19.0. The third-order valence-corrected chi connectivity index (χ3v) is 6.11. The minimum absolute atomic E-state index is 0.0812. The number of nitrogens with one attached hydrogen (secondary N) is 1. The number of para-hydroxylation sites is 1. The normalized spacial score (nSPS) is 14.3. The summed E-state index contributed by atoms with van der Waals surface area (Å²) in [4.78, 5) is 24.2. The molecule has 0 unspecified atom stereocenters. The molecule has 1 saturated carbocycles. The van der Waals surface area contributed by atoms with Crippen LogP contribution in [0.25, 0.3) is 10.9 Å². The molecule has 33 heavy (non-hydrogen) atoms. The minimum Gasteiger partial charge on any atom is -0.487 e. The number of nitrogens with zero attached hydrogens (tertiary/aromatic N) is 1. The second kappa shape index (κ2) is 11.6. The monoisotopic (exact) mass is 452 g/mol. The number of alkyl carbamates (subject to hydrolysis) is 1. The summed E-state index contributed by atoms with van der Waals surface area (Å²) in [6.07, 6.45) is 11.3. The Morgan fingerprint density at radius 2 is 1.94 bits per heavy atom. The van der Waals surface area contributed by atoms with E-state index in [2.05, 4.69) is 46.4 Å². The Morgan fingerprint density at radius 3 is 2.79 bits per heavy atom. The Bertz CT molecular complexity index is 1100. The van der Waals surface area contributed by atoms with Crippen LogP contribution in [-0.2, 0) is 17.9 Å². The summed E-state index contributed by atoms with van der Waals surface area (Å²) in [5, 5.41) is 4.13. The summed E-state index contributed by atoms with van der Waals surface area (Å²) in [5.41, 5.74) is 0.980. The molecule has 0 atom stereocenters. The maximum absolute atomic E-state index is 12.3. The Morgan fingerprint density at radius 1 is 1.09 bits per heavy atom. The zero-order chi connectivity index (χ0) is 22.9. The van der Waals surface area contributed by atoms with Gasteiger partial charge in [0.25, 0.3) is 0 Å². The van der Waals surface area contributed by atoms with E-state index in [1.54, 1.807) is 0 Å². The molecule has 1 fully saturated rings. The number of unbranched alkanes of at least 4 members (excludes halogenated alkanes) is 2. The molecule has 7 heteroatoms. The summed E-state index contributed by atoms with van der Waals surface area (Å²) >= 11 is 0. The van der Waals surface area contributed by atoms with Gasteiger partial charge in [-0.2, -0.15) is 0 Å². The molecular weight excluding hydrogens is 420 g/mol. The lowest BCUT2D eigenvalue weighted by molar-refractivity contribution is 0.124. The van der Waals surface area contributed by atoms with Gasteiger partial charge in [-0.15, -0.1) is 0 Å². The van der Waals surface area contributed by atoms with Gasteiger partial charge in [0, 0.05) is 30.4 Å². The average molecular weight is 453 g/mol. The van der Waals surface area contributed by atoms with Crippen LogP contribution >= 0.6 is 0 Å². The topological polar surface area (TPSA) is 82.7 Å². The molecule has 1 N–H and O–H groups in total. The highest BCUT2D eigenvalue weighted by Crippen LogP contribution is 2.18. The van der Waals surface area contributed by atoms with Crippen molar-refractivity contribution in [2.24, 2.45) is 0 Å². The first-order valence-corrected chi connectivity index (χ1v) is 11.9. The van der Waals surface area contributed by atoms with Crippen LogP contribution in [-0.4, -0.2) is 23.3 Å². The smallest absolute Gasteiger partial charge is 0.407 e. The number of hydrogen-bond acceptors (Lipinski definition) is 5. The van der Waals surface area contributed by atoms with Crippen molar-refractivity contribution in [3.63, 3.8) is 0 Å². The van der Waals surface area contributed by atoms with E-state index in [1.807, 2.05) is 0 Å². The highest BCUT2D eigenvalue weighted by Gasteiger charge is 2.16. The number of fused-ring (bicyclic) bond motifs is 1. The fourth-order valence-electron chi connectivity index (χ4n) is 4.29. The van der Waals surface area contributed by atoms with Gasteiger partial charge in [0.1, 0.15) is 12.0 Å². The average Bonchev–Trinajstić information content (AvgIpc) is 3.25. The number of amides is 1. The fourth-order valence-corrected chi connectivity index (χ4v) is 4.29. The van der Waals surface area contributed by atoms with Crippen molar-refractivity contribution in [1.29, 1.82) is 0 Å². The van der Waals surface area contributed by atoms with Gasteiger partial charge in [0.2, 0.25) is 11.2 Å². The molecule has 3 aromatic rings. The molecule has 1 aliphatic carbocycles. The van der Waals surface area contributed by atoms with E-state index >= 15 is 0 Å². The third kappa shape index (κ3) is 6.63. The van der Waals surface area contributed by atoms with Crippen molar-refractivity contribution in [3.05, 3.63) is 64.8 Å². The van der Waals surface area contributed by atoms with Crippen LogP contribution in [0.15, 0.2) is 58.1 Å². The van der Waals surface area contributed by atoms with Crippen molar-refractivity contribution in [1.82, 2.24) is 9.88 Å². The number of rotatable bonds is 10. The molecule has 2 aromatic heterocycles. The van der Waals surface area contributed by atoms with Crippen LogP contribution in [0.3, 0.4) is 0 Å². The summed E-state index contributed by atoms with van der Waals surface area (Å²) in [5.74, 6) is 0.479. The van der Waals surface area contributed by atoms with Crippen molar-refractivity contribution >= 4 is 17.0 Å². The summed E-state index contributed by atoms with van der Waals surface area (Å²) in [6.45, 7) is 1.33. The second-order valence-electron chi connectivity index (χ2n) is 8.61.